The molecule has 132 valence electrons. The fourth-order valence-electron chi connectivity index (χ4n) is 3.86. The van der Waals surface area contributed by atoms with Crippen molar-refractivity contribution in [1.82, 2.24) is 29.0 Å². The molecule has 25 heavy (non-hydrogen) atoms. The molecule has 0 radical (unpaired) electrons. The van der Waals surface area contributed by atoms with Gasteiger partial charge in [-0.25, -0.2) is 9.97 Å². The molecular formula is C19H26N6. The predicted molar refractivity (Wildman–Crippen MR) is 97.5 cm³/mol. The van der Waals surface area contributed by atoms with Gasteiger partial charge in [-0.2, -0.15) is 5.10 Å². The second kappa shape index (κ2) is 6.59. The van der Waals surface area contributed by atoms with Crippen LogP contribution in [-0.2, 0) is 13.1 Å². The minimum absolute atomic E-state index is 0.522. The molecule has 0 aliphatic carbocycles. The molecule has 4 rings (SSSR count). The zero-order valence-electron chi connectivity index (χ0n) is 15.3. The summed E-state index contributed by atoms with van der Waals surface area (Å²) < 4.78 is 4.18. The fourth-order valence-corrected chi connectivity index (χ4v) is 3.86. The lowest BCUT2D eigenvalue weighted by Crippen LogP contribution is -2.41. The molecule has 1 fully saturated rings. The van der Waals surface area contributed by atoms with Crippen LogP contribution < -0.4 is 0 Å². The Kier molecular flexibility index (Phi) is 4.29. The van der Waals surface area contributed by atoms with E-state index >= 15 is 0 Å². The molecule has 0 unspecified atom stereocenters. The van der Waals surface area contributed by atoms with Gasteiger partial charge < -0.3 is 0 Å². The van der Waals surface area contributed by atoms with Gasteiger partial charge in [0.25, 0.3) is 0 Å². The maximum absolute atomic E-state index is 4.76. The Morgan fingerprint density at radius 1 is 1.12 bits per heavy atom. The van der Waals surface area contributed by atoms with Crippen LogP contribution in [0.2, 0.25) is 0 Å². The minimum Gasteiger partial charge on any atom is -0.293 e. The molecule has 0 saturated carbocycles. The first-order chi connectivity index (χ1) is 12.1. The number of aryl methyl sites for hydroxylation is 3. The number of likely N-dealkylation sites (tertiary alicyclic amines) is 1. The van der Waals surface area contributed by atoms with Crippen LogP contribution in [-0.4, -0.2) is 41.6 Å². The van der Waals surface area contributed by atoms with Gasteiger partial charge in [-0.05, 0) is 51.8 Å². The lowest BCUT2D eigenvalue weighted by Gasteiger charge is -2.35. The third-order valence-corrected chi connectivity index (χ3v) is 5.09. The maximum atomic E-state index is 4.76. The number of nitrogens with zero attached hydrogens (tertiary/aromatic N) is 6. The van der Waals surface area contributed by atoms with Gasteiger partial charge in [0.05, 0.1) is 18.4 Å². The quantitative estimate of drug-likeness (QED) is 0.734. The molecule has 0 N–H and O–H groups in total. The highest BCUT2D eigenvalue weighted by molar-refractivity contribution is 5.34. The van der Waals surface area contributed by atoms with Gasteiger partial charge in [0.1, 0.15) is 0 Å². The van der Waals surface area contributed by atoms with Crippen molar-refractivity contribution in [3.8, 4) is 0 Å². The largest absolute Gasteiger partial charge is 0.293 e. The average Bonchev–Trinajstić information content (AvgIpc) is 3.15. The van der Waals surface area contributed by atoms with Crippen LogP contribution in [0.3, 0.4) is 0 Å². The molecule has 4 heterocycles. The summed E-state index contributed by atoms with van der Waals surface area (Å²) >= 11 is 0. The zero-order valence-corrected chi connectivity index (χ0v) is 15.3. The summed E-state index contributed by atoms with van der Waals surface area (Å²) in [7, 11) is 0. The highest BCUT2D eigenvalue weighted by atomic mass is 15.3. The summed E-state index contributed by atoms with van der Waals surface area (Å²) in [5.41, 5.74) is 4.53. The normalized spacial score (nSPS) is 18.9. The van der Waals surface area contributed by atoms with Gasteiger partial charge >= 0.3 is 0 Å². The molecule has 6 heteroatoms. The van der Waals surface area contributed by atoms with E-state index in [0.29, 0.717) is 6.04 Å². The number of imidazole rings is 1. The lowest BCUT2D eigenvalue weighted by atomic mass is 10.0. The average molecular weight is 338 g/mol. The fraction of sp³-hybridized carbons (Fsp3) is 0.526. The molecule has 0 bridgehead atoms. The maximum Gasteiger partial charge on any atom is 0.234 e. The SMILES string of the molecule is Cc1cnn(C[C@H]2CCCCN2Cc2cn3c(C)cc(C)nc3n2)c1. The summed E-state index contributed by atoms with van der Waals surface area (Å²) in [5.74, 6) is 0.809. The van der Waals surface area contributed by atoms with Crippen LogP contribution in [0.4, 0.5) is 0 Å². The summed E-state index contributed by atoms with van der Waals surface area (Å²) in [4.78, 5) is 11.9. The molecule has 1 aliphatic rings. The van der Waals surface area contributed by atoms with E-state index in [-0.39, 0.29) is 0 Å². The lowest BCUT2D eigenvalue weighted by molar-refractivity contribution is 0.120. The van der Waals surface area contributed by atoms with Crippen LogP contribution in [0, 0.1) is 20.8 Å². The van der Waals surface area contributed by atoms with Crippen LogP contribution >= 0.6 is 0 Å². The van der Waals surface area contributed by atoms with Crippen molar-refractivity contribution in [3.05, 3.63) is 47.3 Å². The van der Waals surface area contributed by atoms with Crippen molar-refractivity contribution >= 4 is 5.78 Å². The van der Waals surface area contributed by atoms with Crippen molar-refractivity contribution in [1.29, 1.82) is 0 Å². The van der Waals surface area contributed by atoms with E-state index < -0.39 is 0 Å². The van der Waals surface area contributed by atoms with Gasteiger partial charge in [-0.15, -0.1) is 0 Å². The monoisotopic (exact) mass is 338 g/mol. The van der Waals surface area contributed by atoms with Crippen LogP contribution in [0.25, 0.3) is 5.78 Å². The van der Waals surface area contributed by atoms with Gasteiger partial charge in [0, 0.05) is 36.4 Å². The second-order valence-electron chi connectivity index (χ2n) is 7.30. The first-order valence-corrected chi connectivity index (χ1v) is 9.14. The third kappa shape index (κ3) is 3.44. The molecule has 0 spiro atoms. The first kappa shape index (κ1) is 16.3. The Morgan fingerprint density at radius 3 is 2.80 bits per heavy atom. The Labute approximate surface area is 148 Å². The molecule has 1 atom stereocenters. The second-order valence-corrected chi connectivity index (χ2v) is 7.30. The van der Waals surface area contributed by atoms with Gasteiger partial charge in [0.15, 0.2) is 0 Å². The number of piperidine rings is 1. The summed E-state index contributed by atoms with van der Waals surface area (Å²) in [6.45, 7) is 9.19. The molecule has 1 aliphatic heterocycles. The van der Waals surface area contributed by atoms with E-state index in [4.69, 9.17) is 4.98 Å². The number of rotatable bonds is 4. The molecular weight excluding hydrogens is 312 g/mol. The molecule has 1 saturated heterocycles. The van der Waals surface area contributed by atoms with Gasteiger partial charge in [0.2, 0.25) is 5.78 Å². The molecule has 3 aromatic rings. The van der Waals surface area contributed by atoms with Crippen molar-refractivity contribution < 1.29 is 0 Å². The Balaban J connectivity index is 1.54. The zero-order chi connectivity index (χ0) is 17.4. The van der Waals surface area contributed by atoms with E-state index in [1.54, 1.807) is 0 Å². The van der Waals surface area contributed by atoms with Crippen LogP contribution in [0.1, 0.15) is 41.9 Å². The minimum atomic E-state index is 0.522. The Hall–Kier alpha value is -2.21. The third-order valence-electron chi connectivity index (χ3n) is 5.09. The smallest absolute Gasteiger partial charge is 0.234 e. The number of aromatic nitrogens is 5. The summed E-state index contributed by atoms with van der Waals surface area (Å²) in [6, 6.07) is 2.62. The van der Waals surface area contributed by atoms with E-state index in [9.17, 15) is 0 Å². The number of hydrogen-bond acceptors (Lipinski definition) is 4. The van der Waals surface area contributed by atoms with Crippen molar-refractivity contribution in [2.24, 2.45) is 0 Å². The van der Waals surface area contributed by atoms with E-state index in [1.807, 2.05) is 13.1 Å². The van der Waals surface area contributed by atoms with E-state index in [1.165, 1.54) is 30.5 Å². The highest BCUT2D eigenvalue weighted by Crippen LogP contribution is 2.21. The summed E-state index contributed by atoms with van der Waals surface area (Å²) in [6.07, 6.45) is 9.99. The molecule has 0 amide bonds. The van der Waals surface area contributed by atoms with Crippen molar-refractivity contribution in [3.63, 3.8) is 0 Å². The Morgan fingerprint density at radius 2 is 2.00 bits per heavy atom. The summed E-state index contributed by atoms with van der Waals surface area (Å²) in [5, 5.41) is 4.47. The molecule has 3 aromatic heterocycles. The first-order valence-electron chi connectivity index (χ1n) is 9.14. The van der Waals surface area contributed by atoms with Gasteiger partial charge in [-0.1, -0.05) is 6.42 Å². The molecule has 0 aromatic carbocycles. The van der Waals surface area contributed by atoms with Crippen molar-refractivity contribution in [2.75, 3.05) is 6.54 Å². The number of hydrogen-bond donors (Lipinski definition) is 0. The van der Waals surface area contributed by atoms with Crippen molar-refractivity contribution in [2.45, 2.75) is 59.2 Å². The Bertz CT molecular complexity index is 877. The van der Waals surface area contributed by atoms with Gasteiger partial charge in [-0.3, -0.25) is 14.0 Å². The standard InChI is InChI=1S/C19H26N6/c1-14-9-20-24(10-14)13-18-6-4-5-7-23(18)11-17-12-25-16(3)8-15(2)21-19(25)22-17/h8-10,12,18H,4-7,11,13H2,1-3H3/t18-/m1/s1. The highest BCUT2D eigenvalue weighted by Gasteiger charge is 2.24. The van der Waals surface area contributed by atoms with E-state index in [0.717, 1.165) is 36.8 Å². The van der Waals surface area contributed by atoms with E-state index in [2.05, 4.69) is 56.4 Å². The topological polar surface area (TPSA) is 51.2 Å². The van der Waals surface area contributed by atoms with Crippen LogP contribution in [0.15, 0.2) is 24.7 Å². The van der Waals surface area contributed by atoms with Crippen LogP contribution in [0.5, 0.6) is 0 Å². The predicted octanol–water partition coefficient (Wildman–Crippen LogP) is 2.91. The number of fused-ring (bicyclic) bond motifs is 1. The molecule has 6 nitrogen and oxygen atoms in total.